The number of methoxy groups -OCH3 is 1. The maximum absolute atomic E-state index is 11.2. The van der Waals surface area contributed by atoms with Crippen molar-refractivity contribution >= 4 is 5.97 Å². The molecule has 0 aliphatic rings. The fourth-order valence-corrected chi connectivity index (χ4v) is 1.77. The third kappa shape index (κ3) is 4.53. The highest BCUT2D eigenvalue weighted by Crippen LogP contribution is 2.16. The summed E-state index contributed by atoms with van der Waals surface area (Å²) in [6, 6.07) is 3.58. The smallest absolute Gasteiger partial charge is 0.373 e. The number of hydrogen-bond acceptors (Lipinski definition) is 4. The van der Waals surface area contributed by atoms with Crippen molar-refractivity contribution < 1.29 is 13.9 Å². The monoisotopic (exact) mass is 253 g/mol. The molecule has 0 bridgehead atoms. The largest absolute Gasteiger partial charge is 0.463 e. The molecule has 1 aromatic rings. The zero-order chi connectivity index (χ0) is 13.4. The molecule has 0 radical (unpaired) electrons. The van der Waals surface area contributed by atoms with Gasteiger partial charge in [-0.3, -0.25) is 0 Å². The molecule has 0 aromatic carbocycles. The van der Waals surface area contributed by atoms with Gasteiger partial charge in [-0.15, -0.1) is 0 Å². The highest BCUT2D eigenvalue weighted by atomic mass is 16.5. The Hall–Kier alpha value is -1.29. The summed E-state index contributed by atoms with van der Waals surface area (Å²) in [5.74, 6) is 0.592. The van der Waals surface area contributed by atoms with E-state index in [0.717, 1.165) is 12.3 Å². The Morgan fingerprint density at radius 1 is 1.39 bits per heavy atom. The van der Waals surface area contributed by atoms with E-state index in [1.807, 2.05) is 13.0 Å². The standard InChI is InChI=1S/C14H23NO3/c1-4-5-6-7-10-15-11(2)12-8-9-13(18-12)14(16)17-3/h8-9,11,15H,4-7,10H2,1-3H3. The van der Waals surface area contributed by atoms with Crippen LogP contribution in [0.5, 0.6) is 0 Å². The Balaban J connectivity index is 2.35. The summed E-state index contributed by atoms with van der Waals surface area (Å²) in [6.07, 6.45) is 4.95. The zero-order valence-electron chi connectivity index (χ0n) is 11.5. The van der Waals surface area contributed by atoms with Crippen LogP contribution in [-0.2, 0) is 4.74 Å². The Labute approximate surface area is 109 Å². The molecule has 0 spiro atoms. The normalized spacial score (nSPS) is 12.4. The third-order valence-corrected chi connectivity index (χ3v) is 2.92. The van der Waals surface area contributed by atoms with E-state index in [9.17, 15) is 4.79 Å². The average Bonchev–Trinajstić information content (AvgIpc) is 2.87. The van der Waals surface area contributed by atoms with Crippen molar-refractivity contribution in [1.29, 1.82) is 0 Å². The van der Waals surface area contributed by atoms with Crippen molar-refractivity contribution in [3.05, 3.63) is 23.7 Å². The van der Waals surface area contributed by atoms with Crippen molar-refractivity contribution in [2.24, 2.45) is 0 Å². The molecule has 4 heteroatoms. The van der Waals surface area contributed by atoms with Crippen LogP contribution < -0.4 is 5.32 Å². The van der Waals surface area contributed by atoms with E-state index in [4.69, 9.17) is 4.42 Å². The summed E-state index contributed by atoms with van der Waals surface area (Å²) in [7, 11) is 1.35. The molecular formula is C14H23NO3. The van der Waals surface area contributed by atoms with Crippen molar-refractivity contribution in [3.8, 4) is 0 Å². The number of carbonyl (C=O) groups is 1. The summed E-state index contributed by atoms with van der Waals surface area (Å²) >= 11 is 0. The van der Waals surface area contributed by atoms with Crippen LogP contribution in [0.15, 0.2) is 16.5 Å². The molecule has 0 saturated carbocycles. The predicted octanol–water partition coefficient (Wildman–Crippen LogP) is 3.30. The average molecular weight is 253 g/mol. The topological polar surface area (TPSA) is 51.5 Å². The number of rotatable bonds is 8. The second-order valence-electron chi connectivity index (χ2n) is 4.43. The lowest BCUT2D eigenvalue weighted by molar-refractivity contribution is 0.0562. The van der Waals surface area contributed by atoms with Crippen LogP contribution in [0.25, 0.3) is 0 Å². The van der Waals surface area contributed by atoms with E-state index in [0.29, 0.717) is 0 Å². The number of nitrogens with one attached hydrogen (secondary N) is 1. The Morgan fingerprint density at radius 3 is 2.83 bits per heavy atom. The molecule has 1 rings (SSSR count). The van der Waals surface area contributed by atoms with E-state index >= 15 is 0 Å². The molecule has 1 atom stereocenters. The maximum atomic E-state index is 11.2. The predicted molar refractivity (Wildman–Crippen MR) is 70.6 cm³/mol. The van der Waals surface area contributed by atoms with Gasteiger partial charge >= 0.3 is 5.97 Å². The van der Waals surface area contributed by atoms with Gasteiger partial charge in [0.1, 0.15) is 5.76 Å². The van der Waals surface area contributed by atoms with Gasteiger partial charge in [0.25, 0.3) is 0 Å². The van der Waals surface area contributed by atoms with Crippen LogP contribution in [-0.4, -0.2) is 19.6 Å². The number of hydrogen-bond donors (Lipinski definition) is 1. The second kappa shape index (κ2) is 7.93. The number of carbonyl (C=O) groups excluding carboxylic acids is 1. The molecule has 0 amide bonds. The fourth-order valence-electron chi connectivity index (χ4n) is 1.77. The minimum absolute atomic E-state index is 0.116. The Bertz CT molecular complexity index is 360. The number of unbranched alkanes of at least 4 members (excludes halogenated alkanes) is 3. The van der Waals surface area contributed by atoms with E-state index < -0.39 is 5.97 Å². The first kappa shape index (κ1) is 14.8. The highest BCUT2D eigenvalue weighted by Gasteiger charge is 2.14. The number of ether oxygens (including phenoxy) is 1. The minimum Gasteiger partial charge on any atom is -0.463 e. The molecule has 0 aliphatic heterocycles. The first-order valence-electron chi connectivity index (χ1n) is 6.60. The lowest BCUT2D eigenvalue weighted by atomic mass is 10.2. The molecule has 1 unspecified atom stereocenters. The summed E-state index contributed by atoms with van der Waals surface area (Å²) in [4.78, 5) is 11.2. The van der Waals surface area contributed by atoms with E-state index in [1.54, 1.807) is 6.07 Å². The van der Waals surface area contributed by atoms with Gasteiger partial charge in [0.15, 0.2) is 0 Å². The summed E-state index contributed by atoms with van der Waals surface area (Å²) in [6.45, 7) is 5.20. The van der Waals surface area contributed by atoms with E-state index in [1.165, 1.54) is 32.8 Å². The van der Waals surface area contributed by atoms with Gasteiger partial charge < -0.3 is 14.5 Å². The van der Waals surface area contributed by atoms with Crippen LogP contribution in [0.4, 0.5) is 0 Å². The van der Waals surface area contributed by atoms with Crippen LogP contribution in [0, 0.1) is 0 Å². The second-order valence-corrected chi connectivity index (χ2v) is 4.43. The first-order valence-corrected chi connectivity index (χ1v) is 6.60. The van der Waals surface area contributed by atoms with Crippen molar-refractivity contribution in [1.82, 2.24) is 5.32 Å². The van der Waals surface area contributed by atoms with Gasteiger partial charge in [-0.2, -0.15) is 0 Å². The maximum Gasteiger partial charge on any atom is 0.373 e. The quantitative estimate of drug-likeness (QED) is 0.570. The Morgan fingerprint density at radius 2 is 2.17 bits per heavy atom. The highest BCUT2D eigenvalue weighted by molar-refractivity contribution is 5.86. The summed E-state index contributed by atoms with van der Waals surface area (Å²) in [5, 5.41) is 3.38. The Kier molecular flexibility index (Phi) is 6.50. The van der Waals surface area contributed by atoms with Gasteiger partial charge in [-0.1, -0.05) is 26.2 Å². The number of furan rings is 1. The number of esters is 1. The van der Waals surface area contributed by atoms with Crippen molar-refractivity contribution in [2.45, 2.75) is 45.6 Å². The van der Waals surface area contributed by atoms with E-state index in [2.05, 4.69) is 17.0 Å². The fraction of sp³-hybridized carbons (Fsp3) is 0.643. The van der Waals surface area contributed by atoms with Crippen molar-refractivity contribution in [2.75, 3.05) is 13.7 Å². The van der Waals surface area contributed by atoms with Gasteiger partial charge in [0, 0.05) is 0 Å². The molecule has 0 fully saturated rings. The van der Waals surface area contributed by atoms with Gasteiger partial charge in [-0.05, 0) is 32.0 Å². The molecule has 0 saturated heterocycles. The molecule has 102 valence electrons. The lowest BCUT2D eigenvalue weighted by Gasteiger charge is -2.10. The van der Waals surface area contributed by atoms with Gasteiger partial charge in [0.05, 0.1) is 13.2 Å². The summed E-state index contributed by atoms with van der Waals surface area (Å²) < 4.78 is 10.0. The molecule has 1 heterocycles. The van der Waals surface area contributed by atoms with E-state index in [-0.39, 0.29) is 11.8 Å². The van der Waals surface area contributed by atoms with Gasteiger partial charge in [-0.25, -0.2) is 4.79 Å². The van der Waals surface area contributed by atoms with Crippen LogP contribution >= 0.6 is 0 Å². The lowest BCUT2D eigenvalue weighted by Crippen LogP contribution is -2.19. The first-order chi connectivity index (χ1) is 8.69. The molecular weight excluding hydrogens is 230 g/mol. The molecule has 18 heavy (non-hydrogen) atoms. The van der Waals surface area contributed by atoms with Gasteiger partial charge in [0.2, 0.25) is 5.76 Å². The SMILES string of the molecule is CCCCCCNC(C)c1ccc(C(=O)OC)o1. The molecule has 0 aliphatic carbocycles. The molecule has 1 N–H and O–H groups in total. The van der Waals surface area contributed by atoms with Crippen LogP contribution in [0.1, 0.15) is 61.9 Å². The molecule has 4 nitrogen and oxygen atoms in total. The zero-order valence-corrected chi connectivity index (χ0v) is 11.5. The van der Waals surface area contributed by atoms with Crippen LogP contribution in [0.3, 0.4) is 0 Å². The molecule has 1 aromatic heterocycles. The van der Waals surface area contributed by atoms with Crippen molar-refractivity contribution in [3.63, 3.8) is 0 Å². The summed E-state index contributed by atoms with van der Waals surface area (Å²) in [5.41, 5.74) is 0. The minimum atomic E-state index is -0.434. The third-order valence-electron chi connectivity index (χ3n) is 2.92. The van der Waals surface area contributed by atoms with Crippen LogP contribution in [0.2, 0.25) is 0 Å².